The van der Waals surface area contributed by atoms with Gasteiger partial charge in [-0.2, -0.15) is 11.8 Å². The quantitative estimate of drug-likeness (QED) is 0.777. The van der Waals surface area contributed by atoms with E-state index >= 15 is 0 Å². The van der Waals surface area contributed by atoms with Crippen LogP contribution in [0, 0.1) is 5.82 Å². The minimum Gasteiger partial charge on any atom is -0.309 e. The number of rotatable bonds is 4. The lowest BCUT2D eigenvalue weighted by Crippen LogP contribution is -2.29. The summed E-state index contributed by atoms with van der Waals surface area (Å²) >= 11 is 13.8. The summed E-state index contributed by atoms with van der Waals surface area (Å²) in [5.74, 6) is 0.832. The summed E-state index contributed by atoms with van der Waals surface area (Å²) in [6.07, 6.45) is 3.89. The third kappa shape index (κ3) is 4.25. The maximum Gasteiger partial charge on any atom is 0.142 e. The molecule has 1 saturated heterocycles. The molecule has 106 valence electrons. The molecule has 0 amide bonds. The van der Waals surface area contributed by atoms with Crippen molar-refractivity contribution in [3.63, 3.8) is 0 Å². The molecule has 0 aromatic heterocycles. The van der Waals surface area contributed by atoms with Gasteiger partial charge in [-0.3, -0.25) is 0 Å². The molecule has 1 aromatic rings. The van der Waals surface area contributed by atoms with Crippen LogP contribution < -0.4 is 5.32 Å². The average molecular weight is 322 g/mol. The summed E-state index contributed by atoms with van der Waals surface area (Å²) in [7, 11) is 0. The standard InChI is InChI=1S/C14H18Cl2FNS/c1-9(18-8-10-4-2-3-5-19-10)11-6-14(17)13(16)7-12(11)15/h6-7,9-10,18H,2-5,8H2,1H3. The van der Waals surface area contributed by atoms with Crippen LogP contribution in [-0.2, 0) is 0 Å². The minimum atomic E-state index is -0.415. The van der Waals surface area contributed by atoms with Gasteiger partial charge in [0.15, 0.2) is 0 Å². The number of hydrogen-bond donors (Lipinski definition) is 1. The van der Waals surface area contributed by atoms with Crippen LogP contribution in [-0.4, -0.2) is 17.5 Å². The lowest BCUT2D eigenvalue weighted by Gasteiger charge is -2.24. The summed E-state index contributed by atoms with van der Waals surface area (Å²) in [5.41, 5.74) is 0.768. The van der Waals surface area contributed by atoms with Gasteiger partial charge in [0.25, 0.3) is 0 Å². The Kier molecular flexibility index (Phi) is 5.82. The van der Waals surface area contributed by atoms with Crippen molar-refractivity contribution in [3.05, 3.63) is 33.6 Å². The van der Waals surface area contributed by atoms with Crippen molar-refractivity contribution in [2.45, 2.75) is 37.5 Å². The van der Waals surface area contributed by atoms with Crippen LogP contribution in [0.25, 0.3) is 0 Å². The zero-order valence-electron chi connectivity index (χ0n) is 10.9. The second-order valence-corrected chi connectivity index (χ2v) is 7.13. The zero-order chi connectivity index (χ0) is 13.8. The van der Waals surface area contributed by atoms with E-state index < -0.39 is 5.82 Å². The number of thioether (sulfide) groups is 1. The van der Waals surface area contributed by atoms with E-state index in [0.29, 0.717) is 10.3 Å². The SMILES string of the molecule is CC(NCC1CCCCS1)c1cc(F)c(Cl)cc1Cl. The molecule has 0 bridgehead atoms. The van der Waals surface area contributed by atoms with Crippen LogP contribution in [0.15, 0.2) is 12.1 Å². The molecule has 0 saturated carbocycles. The molecule has 1 aromatic carbocycles. The molecule has 1 aliphatic rings. The summed E-state index contributed by atoms with van der Waals surface area (Å²) in [5, 5.41) is 4.69. The highest BCUT2D eigenvalue weighted by Gasteiger charge is 2.17. The predicted molar refractivity (Wildman–Crippen MR) is 82.9 cm³/mol. The van der Waals surface area contributed by atoms with Crippen molar-refractivity contribution in [3.8, 4) is 0 Å². The molecule has 1 N–H and O–H groups in total. The number of benzene rings is 1. The second-order valence-electron chi connectivity index (χ2n) is 4.91. The molecule has 0 spiro atoms. The molecular formula is C14H18Cl2FNS. The van der Waals surface area contributed by atoms with E-state index in [2.05, 4.69) is 5.32 Å². The third-order valence-electron chi connectivity index (χ3n) is 3.43. The Morgan fingerprint density at radius 1 is 1.37 bits per heavy atom. The molecule has 0 aliphatic carbocycles. The normalized spacial score (nSPS) is 21.4. The van der Waals surface area contributed by atoms with E-state index in [0.717, 1.165) is 12.1 Å². The van der Waals surface area contributed by atoms with E-state index in [1.54, 1.807) is 0 Å². The van der Waals surface area contributed by atoms with Crippen molar-refractivity contribution in [1.82, 2.24) is 5.32 Å². The van der Waals surface area contributed by atoms with E-state index in [1.165, 1.54) is 37.1 Å². The highest BCUT2D eigenvalue weighted by Crippen LogP contribution is 2.29. The zero-order valence-corrected chi connectivity index (χ0v) is 13.2. The Hall–Kier alpha value is 0.0400. The van der Waals surface area contributed by atoms with Gasteiger partial charge in [-0.1, -0.05) is 29.6 Å². The first-order chi connectivity index (χ1) is 9.08. The van der Waals surface area contributed by atoms with Crippen LogP contribution in [0.4, 0.5) is 4.39 Å². The lowest BCUT2D eigenvalue weighted by molar-refractivity contribution is 0.534. The highest BCUT2D eigenvalue weighted by molar-refractivity contribution is 7.99. The highest BCUT2D eigenvalue weighted by atomic mass is 35.5. The molecule has 1 fully saturated rings. The van der Waals surface area contributed by atoms with Crippen molar-refractivity contribution in [2.24, 2.45) is 0 Å². The predicted octanol–water partition coefficient (Wildman–Crippen LogP) is 5.07. The molecule has 1 nitrogen and oxygen atoms in total. The number of hydrogen-bond acceptors (Lipinski definition) is 2. The Balaban J connectivity index is 1.95. The largest absolute Gasteiger partial charge is 0.309 e. The Morgan fingerprint density at radius 3 is 2.84 bits per heavy atom. The monoisotopic (exact) mass is 321 g/mol. The van der Waals surface area contributed by atoms with Gasteiger partial charge in [-0.25, -0.2) is 4.39 Å². The fourth-order valence-corrected chi connectivity index (χ4v) is 4.05. The van der Waals surface area contributed by atoms with Gasteiger partial charge in [0, 0.05) is 22.9 Å². The first-order valence-electron chi connectivity index (χ1n) is 6.57. The molecule has 5 heteroatoms. The average Bonchev–Trinajstić information content (AvgIpc) is 2.41. The van der Waals surface area contributed by atoms with Gasteiger partial charge in [-0.15, -0.1) is 0 Å². The van der Waals surface area contributed by atoms with Crippen LogP contribution in [0.3, 0.4) is 0 Å². The molecular weight excluding hydrogens is 304 g/mol. The fraction of sp³-hybridized carbons (Fsp3) is 0.571. The number of halogens is 3. The Bertz CT molecular complexity index is 436. The molecule has 2 unspecified atom stereocenters. The molecule has 1 heterocycles. The Labute approximate surface area is 128 Å². The topological polar surface area (TPSA) is 12.0 Å². The van der Waals surface area contributed by atoms with Gasteiger partial charge in [-0.05, 0) is 43.2 Å². The summed E-state index contributed by atoms with van der Waals surface area (Å²) < 4.78 is 13.5. The second kappa shape index (κ2) is 7.16. The van der Waals surface area contributed by atoms with Crippen molar-refractivity contribution in [2.75, 3.05) is 12.3 Å². The van der Waals surface area contributed by atoms with Gasteiger partial charge in [0.1, 0.15) is 5.82 Å². The molecule has 0 radical (unpaired) electrons. The van der Waals surface area contributed by atoms with Crippen molar-refractivity contribution < 1.29 is 4.39 Å². The van der Waals surface area contributed by atoms with Crippen molar-refractivity contribution >= 4 is 35.0 Å². The molecule has 1 aliphatic heterocycles. The molecule has 19 heavy (non-hydrogen) atoms. The first-order valence-corrected chi connectivity index (χ1v) is 8.38. The Morgan fingerprint density at radius 2 is 2.16 bits per heavy atom. The van der Waals surface area contributed by atoms with E-state index in [1.807, 2.05) is 18.7 Å². The minimum absolute atomic E-state index is 0.0294. The number of nitrogens with one attached hydrogen (secondary N) is 1. The lowest BCUT2D eigenvalue weighted by atomic mass is 10.1. The van der Waals surface area contributed by atoms with E-state index in [-0.39, 0.29) is 11.1 Å². The van der Waals surface area contributed by atoms with Crippen LogP contribution >= 0.6 is 35.0 Å². The summed E-state index contributed by atoms with van der Waals surface area (Å²) in [6, 6.07) is 2.93. The molecule has 2 rings (SSSR count). The van der Waals surface area contributed by atoms with Gasteiger partial charge in [0.2, 0.25) is 0 Å². The summed E-state index contributed by atoms with van der Waals surface area (Å²) in [4.78, 5) is 0. The maximum absolute atomic E-state index is 13.5. The van der Waals surface area contributed by atoms with Crippen LogP contribution in [0.2, 0.25) is 10.0 Å². The van der Waals surface area contributed by atoms with E-state index in [9.17, 15) is 4.39 Å². The first kappa shape index (κ1) is 15.4. The third-order valence-corrected chi connectivity index (χ3v) is 5.45. The van der Waals surface area contributed by atoms with E-state index in [4.69, 9.17) is 23.2 Å². The molecule has 2 atom stereocenters. The smallest absolute Gasteiger partial charge is 0.142 e. The van der Waals surface area contributed by atoms with Gasteiger partial charge < -0.3 is 5.32 Å². The van der Waals surface area contributed by atoms with Crippen LogP contribution in [0.5, 0.6) is 0 Å². The maximum atomic E-state index is 13.5. The van der Waals surface area contributed by atoms with Crippen LogP contribution in [0.1, 0.15) is 37.8 Å². The summed E-state index contributed by atoms with van der Waals surface area (Å²) in [6.45, 7) is 2.94. The fourth-order valence-electron chi connectivity index (χ4n) is 2.26. The van der Waals surface area contributed by atoms with Gasteiger partial charge in [0.05, 0.1) is 5.02 Å². The van der Waals surface area contributed by atoms with Gasteiger partial charge >= 0.3 is 0 Å². The van der Waals surface area contributed by atoms with Crippen molar-refractivity contribution in [1.29, 1.82) is 0 Å².